The second kappa shape index (κ2) is 23.9. The lowest BCUT2D eigenvalue weighted by atomic mass is 10.1. The lowest BCUT2D eigenvalue weighted by molar-refractivity contribution is 0.00476. The highest BCUT2D eigenvalue weighted by atomic mass is 31.2. The Morgan fingerprint density at radius 2 is 1.12 bits per heavy atom. The molecule has 0 aliphatic carbocycles. The van der Waals surface area contributed by atoms with E-state index in [-0.39, 0.29) is 6.61 Å². The van der Waals surface area contributed by atoms with Crippen molar-refractivity contribution >= 4 is 7.82 Å². The standard InChI is InChI=1S/C25H51O6P/c1-2-3-4-5-6-7-8-9-10-11-12-13-14-15-16-17-18-19-20-21-22-30-23-25(26)24-31-32(27,28)29/h9-10,25-26H,2-8,11-24H2,1H3,(H2,27,28,29)/b10-9-. The molecule has 1 atom stereocenters. The molecule has 1 unspecified atom stereocenters. The number of phosphoric acid groups is 1. The molecular formula is C25H51O6P. The van der Waals surface area contributed by atoms with Gasteiger partial charge in [0.05, 0.1) is 13.2 Å². The maximum Gasteiger partial charge on any atom is 0.469 e. The van der Waals surface area contributed by atoms with Gasteiger partial charge < -0.3 is 19.6 Å². The number of allylic oxidation sites excluding steroid dienone is 2. The normalized spacial score (nSPS) is 13.2. The Hall–Kier alpha value is -0.230. The maximum atomic E-state index is 10.5. The van der Waals surface area contributed by atoms with E-state index in [0.29, 0.717) is 6.61 Å². The van der Waals surface area contributed by atoms with Crippen LogP contribution < -0.4 is 0 Å². The summed E-state index contributed by atoms with van der Waals surface area (Å²) in [6.45, 7) is 2.44. The third-order valence-corrected chi connectivity index (χ3v) is 6.03. The van der Waals surface area contributed by atoms with E-state index in [1.165, 1.54) is 103 Å². The van der Waals surface area contributed by atoms with E-state index < -0.39 is 20.5 Å². The second-order valence-corrected chi connectivity index (χ2v) is 10.1. The van der Waals surface area contributed by atoms with Gasteiger partial charge in [-0.1, -0.05) is 103 Å². The minimum atomic E-state index is -4.52. The summed E-state index contributed by atoms with van der Waals surface area (Å²) in [6, 6.07) is 0. The summed E-state index contributed by atoms with van der Waals surface area (Å²) in [5, 5.41) is 9.48. The SMILES string of the molecule is CCCCCCCC/C=C\CCCCCCCCCCCCOCC(O)COP(=O)(O)O. The van der Waals surface area contributed by atoms with E-state index in [1.807, 2.05) is 0 Å². The first-order valence-corrected chi connectivity index (χ1v) is 14.6. The average Bonchev–Trinajstić information content (AvgIpc) is 2.75. The number of rotatable bonds is 25. The number of aliphatic hydroxyl groups excluding tert-OH is 1. The molecule has 0 heterocycles. The molecule has 32 heavy (non-hydrogen) atoms. The lowest BCUT2D eigenvalue weighted by Gasteiger charge is -2.12. The molecule has 0 aromatic heterocycles. The monoisotopic (exact) mass is 478 g/mol. The van der Waals surface area contributed by atoms with Crippen LogP contribution in [0.15, 0.2) is 12.2 Å². The Morgan fingerprint density at radius 3 is 1.59 bits per heavy atom. The Morgan fingerprint density at radius 1 is 0.688 bits per heavy atom. The molecule has 0 aromatic carbocycles. The van der Waals surface area contributed by atoms with Crippen molar-refractivity contribution < 1.29 is 28.7 Å². The van der Waals surface area contributed by atoms with Crippen molar-refractivity contribution in [2.24, 2.45) is 0 Å². The van der Waals surface area contributed by atoms with Crippen molar-refractivity contribution in [2.45, 2.75) is 129 Å². The van der Waals surface area contributed by atoms with Gasteiger partial charge in [0.15, 0.2) is 0 Å². The molecule has 0 aliphatic rings. The van der Waals surface area contributed by atoms with E-state index in [1.54, 1.807) is 0 Å². The van der Waals surface area contributed by atoms with Crippen molar-refractivity contribution in [3.05, 3.63) is 12.2 Å². The summed E-state index contributed by atoms with van der Waals surface area (Å²) in [7, 11) is -4.52. The van der Waals surface area contributed by atoms with Crippen LogP contribution >= 0.6 is 7.82 Å². The maximum absolute atomic E-state index is 10.5. The predicted octanol–water partition coefficient (Wildman–Crippen LogP) is 7.07. The van der Waals surface area contributed by atoms with E-state index in [0.717, 1.165) is 12.8 Å². The molecule has 0 aliphatic heterocycles. The zero-order valence-electron chi connectivity index (χ0n) is 20.6. The molecule has 0 rings (SSSR count). The lowest BCUT2D eigenvalue weighted by Crippen LogP contribution is -2.21. The van der Waals surface area contributed by atoms with Crippen LogP contribution in [0.3, 0.4) is 0 Å². The van der Waals surface area contributed by atoms with Crippen LogP contribution in [0.25, 0.3) is 0 Å². The number of ether oxygens (including phenoxy) is 1. The summed E-state index contributed by atoms with van der Waals surface area (Å²) in [5.41, 5.74) is 0. The number of unbranched alkanes of at least 4 members (excludes halogenated alkanes) is 16. The first kappa shape index (κ1) is 31.8. The van der Waals surface area contributed by atoms with Gasteiger partial charge >= 0.3 is 7.82 Å². The first-order chi connectivity index (χ1) is 15.5. The zero-order valence-corrected chi connectivity index (χ0v) is 21.5. The summed E-state index contributed by atoms with van der Waals surface area (Å²) in [4.78, 5) is 17.1. The van der Waals surface area contributed by atoms with Crippen molar-refractivity contribution in [1.82, 2.24) is 0 Å². The fourth-order valence-electron chi connectivity index (χ4n) is 3.61. The van der Waals surface area contributed by atoms with E-state index in [2.05, 4.69) is 23.6 Å². The molecule has 0 saturated heterocycles. The van der Waals surface area contributed by atoms with Crippen LogP contribution in [0.1, 0.15) is 122 Å². The molecule has 7 heteroatoms. The van der Waals surface area contributed by atoms with Crippen LogP contribution in [0.5, 0.6) is 0 Å². The summed E-state index contributed by atoms with van der Waals surface area (Å²) in [5.74, 6) is 0. The zero-order chi connectivity index (χ0) is 23.8. The quantitative estimate of drug-likeness (QED) is 0.0737. The third kappa shape index (κ3) is 27.8. The van der Waals surface area contributed by atoms with Crippen molar-refractivity contribution in [3.63, 3.8) is 0 Å². The number of aliphatic hydroxyl groups is 1. The van der Waals surface area contributed by atoms with Gasteiger partial charge in [0.25, 0.3) is 0 Å². The van der Waals surface area contributed by atoms with Gasteiger partial charge in [-0.15, -0.1) is 0 Å². The van der Waals surface area contributed by atoms with Crippen LogP contribution in [0.4, 0.5) is 0 Å². The smallest absolute Gasteiger partial charge is 0.388 e. The largest absolute Gasteiger partial charge is 0.469 e. The van der Waals surface area contributed by atoms with E-state index >= 15 is 0 Å². The number of hydrogen-bond donors (Lipinski definition) is 3. The Labute approximate surface area is 197 Å². The highest BCUT2D eigenvalue weighted by molar-refractivity contribution is 7.46. The van der Waals surface area contributed by atoms with Crippen LogP contribution in [-0.2, 0) is 13.8 Å². The minimum absolute atomic E-state index is 0.0366. The average molecular weight is 479 g/mol. The molecule has 0 spiro atoms. The molecule has 0 saturated carbocycles. The molecule has 192 valence electrons. The Kier molecular flexibility index (Phi) is 23.7. The van der Waals surface area contributed by atoms with Crippen molar-refractivity contribution in [2.75, 3.05) is 19.8 Å². The number of phosphoric ester groups is 1. The highest BCUT2D eigenvalue weighted by Gasteiger charge is 2.16. The molecule has 0 amide bonds. The van der Waals surface area contributed by atoms with Gasteiger partial charge in [0.1, 0.15) is 6.10 Å². The molecule has 0 fully saturated rings. The topological polar surface area (TPSA) is 96.2 Å². The van der Waals surface area contributed by atoms with E-state index in [9.17, 15) is 9.67 Å². The predicted molar refractivity (Wildman–Crippen MR) is 133 cm³/mol. The van der Waals surface area contributed by atoms with Gasteiger partial charge in [-0.2, -0.15) is 0 Å². The fourth-order valence-corrected chi connectivity index (χ4v) is 3.98. The Balaban J connectivity index is 3.17. The molecule has 6 nitrogen and oxygen atoms in total. The van der Waals surface area contributed by atoms with Crippen LogP contribution in [-0.4, -0.2) is 40.8 Å². The first-order valence-electron chi connectivity index (χ1n) is 13.1. The summed E-state index contributed by atoms with van der Waals surface area (Å²) >= 11 is 0. The molecule has 0 aromatic rings. The van der Waals surface area contributed by atoms with Gasteiger partial charge in [-0.3, -0.25) is 4.52 Å². The molecule has 0 radical (unpaired) electrons. The van der Waals surface area contributed by atoms with Crippen molar-refractivity contribution in [3.8, 4) is 0 Å². The number of hydrogen-bond acceptors (Lipinski definition) is 4. The van der Waals surface area contributed by atoms with E-state index in [4.69, 9.17) is 14.5 Å². The highest BCUT2D eigenvalue weighted by Crippen LogP contribution is 2.35. The van der Waals surface area contributed by atoms with Crippen LogP contribution in [0.2, 0.25) is 0 Å². The fraction of sp³-hybridized carbons (Fsp3) is 0.920. The molecule has 0 bridgehead atoms. The Bertz CT molecular complexity index is 452. The summed E-state index contributed by atoms with van der Waals surface area (Å²) in [6.07, 6.45) is 27.1. The van der Waals surface area contributed by atoms with Gasteiger partial charge in [-0.05, 0) is 32.1 Å². The minimum Gasteiger partial charge on any atom is -0.388 e. The van der Waals surface area contributed by atoms with Crippen LogP contribution in [0, 0.1) is 0 Å². The molecular weight excluding hydrogens is 427 g/mol. The van der Waals surface area contributed by atoms with Gasteiger partial charge in [-0.25, -0.2) is 4.57 Å². The second-order valence-electron chi connectivity index (χ2n) is 8.87. The van der Waals surface area contributed by atoms with Gasteiger partial charge in [0, 0.05) is 6.61 Å². The third-order valence-electron chi connectivity index (χ3n) is 5.55. The molecule has 3 N–H and O–H groups in total. The summed E-state index contributed by atoms with van der Waals surface area (Å²) < 4.78 is 20.1. The van der Waals surface area contributed by atoms with Gasteiger partial charge in [0.2, 0.25) is 0 Å². The van der Waals surface area contributed by atoms with Crippen molar-refractivity contribution in [1.29, 1.82) is 0 Å².